The topological polar surface area (TPSA) is 81.1 Å². The van der Waals surface area contributed by atoms with Crippen molar-refractivity contribution < 1.29 is 9.59 Å². The van der Waals surface area contributed by atoms with Gasteiger partial charge in [-0.2, -0.15) is 0 Å². The van der Waals surface area contributed by atoms with Crippen LogP contribution in [0.1, 0.15) is 24.2 Å². The van der Waals surface area contributed by atoms with Crippen LogP contribution in [-0.2, 0) is 15.0 Å². The first-order valence-electron chi connectivity index (χ1n) is 6.97. The van der Waals surface area contributed by atoms with E-state index in [1.165, 1.54) is 4.57 Å². The zero-order valence-corrected chi connectivity index (χ0v) is 12.3. The molecule has 1 aromatic heterocycles. The van der Waals surface area contributed by atoms with Crippen LogP contribution in [0.4, 0.5) is 0 Å². The summed E-state index contributed by atoms with van der Waals surface area (Å²) in [7, 11) is 6.19. The second-order valence-electron chi connectivity index (χ2n) is 5.57. The lowest BCUT2D eigenvalue weighted by molar-refractivity contribution is -0.137. The minimum atomic E-state index is -1.60. The lowest BCUT2D eigenvalue weighted by Gasteiger charge is -2.35. The average molecular weight is 295 g/mol. The Morgan fingerprint density at radius 2 is 2.00 bits per heavy atom. The molecular weight excluding hydrogens is 281 g/mol. The highest BCUT2D eigenvalue weighted by atomic mass is 16.2. The van der Waals surface area contributed by atoms with E-state index >= 15 is 0 Å². The SMILES string of the molecule is [B][C@]1(n2c(C)nc3cccc(C)c3c2=O)CCC(=O)NC1=O. The molecule has 22 heavy (non-hydrogen) atoms. The van der Waals surface area contributed by atoms with Crippen LogP contribution in [-0.4, -0.2) is 29.2 Å². The number of hydrogen-bond acceptors (Lipinski definition) is 4. The number of rotatable bonds is 1. The molecule has 0 unspecified atom stereocenters. The van der Waals surface area contributed by atoms with Crippen molar-refractivity contribution in [2.75, 3.05) is 0 Å². The fraction of sp³-hybridized carbons (Fsp3) is 0.333. The maximum Gasteiger partial charge on any atom is 0.261 e. The lowest BCUT2D eigenvalue weighted by atomic mass is 9.71. The third-order valence-corrected chi connectivity index (χ3v) is 4.05. The van der Waals surface area contributed by atoms with Crippen molar-refractivity contribution in [3.05, 3.63) is 39.9 Å². The Morgan fingerprint density at radius 3 is 2.68 bits per heavy atom. The Kier molecular flexibility index (Phi) is 3.16. The molecular formula is C15H14BN3O3. The molecule has 1 aliphatic rings. The average Bonchev–Trinajstić information content (AvgIpc) is 2.43. The molecule has 6 nitrogen and oxygen atoms in total. The highest BCUT2D eigenvalue weighted by molar-refractivity contribution is 6.28. The summed E-state index contributed by atoms with van der Waals surface area (Å²) >= 11 is 0. The number of benzene rings is 1. The number of nitrogens with one attached hydrogen (secondary N) is 1. The number of aryl methyl sites for hydroxylation is 2. The van der Waals surface area contributed by atoms with E-state index in [0.717, 1.165) is 5.56 Å². The number of piperidine rings is 1. The number of imide groups is 1. The summed E-state index contributed by atoms with van der Waals surface area (Å²) in [6, 6.07) is 5.37. The van der Waals surface area contributed by atoms with Gasteiger partial charge in [-0.25, -0.2) is 4.98 Å². The van der Waals surface area contributed by atoms with Crippen LogP contribution in [0.25, 0.3) is 10.9 Å². The summed E-state index contributed by atoms with van der Waals surface area (Å²) in [5.41, 5.74) is -0.639. The fourth-order valence-corrected chi connectivity index (χ4v) is 2.91. The number of aromatic nitrogens is 2. The summed E-state index contributed by atoms with van der Waals surface area (Å²) in [6.45, 7) is 3.43. The third-order valence-electron chi connectivity index (χ3n) is 4.05. The highest BCUT2D eigenvalue weighted by Gasteiger charge is 2.41. The molecule has 3 rings (SSSR count). The Balaban J connectivity index is 2.32. The number of carbonyl (C=O) groups is 2. The van der Waals surface area contributed by atoms with Gasteiger partial charge in [-0.05, 0) is 31.9 Å². The predicted molar refractivity (Wildman–Crippen MR) is 81.6 cm³/mol. The van der Waals surface area contributed by atoms with Gasteiger partial charge in [0.05, 0.1) is 16.3 Å². The molecule has 0 aliphatic carbocycles. The van der Waals surface area contributed by atoms with Gasteiger partial charge in [0.25, 0.3) is 5.56 Å². The van der Waals surface area contributed by atoms with E-state index < -0.39 is 11.3 Å². The summed E-state index contributed by atoms with van der Waals surface area (Å²) in [5.74, 6) is -0.722. The molecule has 2 heterocycles. The molecule has 1 aromatic carbocycles. The number of fused-ring (bicyclic) bond motifs is 1. The molecule has 0 saturated carbocycles. The second-order valence-corrected chi connectivity index (χ2v) is 5.57. The van der Waals surface area contributed by atoms with Gasteiger partial charge in [0, 0.05) is 6.42 Å². The smallest absolute Gasteiger partial charge is 0.261 e. The number of nitrogens with zero attached hydrogens (tertiary/aromatic N) is 2. The second kappa shape index (κ2) is 4.79. The fourth-order valence-electron chi connectivity index (χ4n) is 2.91. The largest absolute Gasteiger partial charge is 0.295 e. The van der Waals surface area contributed by atoms with Crippen LogP contribution in [0.5, 0.6) is 0 Å². The van der Waals surface area contributed by atoms with Gasteiger partial charge >= 0.3 is 0 Å². The van der Waals surface area contributed by atoms with Crippen molar-refractivity contribution in [2.24, 2.45) is 0 Å². The molecule has 0 spiro atoms. The van der Waals surface area contributed by atoms with Crippen LogP contribution in [0.15, 0.2) is 23.0 Å². The molecule has 1 aliphatic heterocycles. The molecule has 2 amide bonds. The lowest BCUT2D eigenvalue weighted by Crippen LogP contribution is -2.58. The quantitative estimate of drug-likeness (QED) is 0.605. The van der Waals surface area contributed by atoms with Gasteiger partial charge in [0.1, 0.15) is 13.7 Å². The van der Waals surface area contributed by atoms with E-state index in [2.05, 4.69) is 10.3 Å². The van der Waals surface area contributed by atoms with Crippen molar-refractivity contribution in [1.29, 1.82) is 0 Å². The standard InChI is InChI=1S/C15H14BN3O3/c1-8-4-3-5-10-12(8)13(21)19(9(2)17-10)15(16)7-6-11(20)18-14(15)22/h3-5H,6-7H2,1-2H3,(H,18,20,22)/t15-/m0/s1. The maximum atomic E-state index is 12.9. The molecule has 1 atom stereocenters. The van der Waals surface area contributed by atoms with Gasteiger partial charge in [0.15, 0.2) is 0 Å². The van der Waals surface area contributed by atoms with E-state index in [9.17, 15) is 14.4 Å². The first kappa shape index (κ1) is 14.5. The maximum absolute atomic E-state index is 12.9. The zero-order valence-electron chi connectivity index (χ0n) is 12.3. The van der Waals surface area contributed by atoms with Crippen LogP contribution >= 0.6 is 0 Å². The molecule has 1 saturated heterocycles. The Morgan fingerprint density at radius 1 is 1.27 bits per heavy atom. The summed E-state index contributed by atoms with van der Waals surface area (Å²) in [5, 5.41) is 2.63. The van der Waals surface area contributed by atoms with Gasteiger partial charge in [-0.15, -0.1) is 0 Å². The van der Waals surface area contributed by atoms with E-state index in [1.807, 2.05) is 6.07 Å². The Hall–Kier alpha value is -2.44. The number of hydrogen-bond donors (Lipinski definition) is 1. The molecule has 110 valence electrons. The normalized spacial score (nSPS) is 21.9. The van der Waals surface area contributed by atoms with Crippen molar-refractivity contribution >= 4 is 30.6 Å². The molecule has 0 bridgehead atoms. The van der Waals surface area contributed by atoms with Crippen LogP contribution in [0.2, 0.25) is 0 Å². The number of carbonyl (C=O) groups excluding carboxylic acids is 2. The van der Waals surface area contributed by atoms with Crippen molar-refractivity contribution in [2.45, 2.75) is 32.1 Å². The molecule has 2 radical (unpaired) electrons. The molecule has 7 heteroatoms. The molecule has 1 N–H and O–H groups in total. The van der Waals surface area contributed by atoms with Gasteiger partial charge in [0.2, 0.25) is 11.8 Å². The minimum absolute atomic E-state index is 0.0669. The van der Waals surface area contributed by atoms with Crippen molar-refractivity contribution in [1.82, 2.24) is 14.9 Å². The van der Waals surface area contributed by atoms with Crippen LogP contribution < -0.4 is 10.9 Å². The molecule has 2 aromatic rings. The summed E-state index contributed by atoms with van der Waals surface area (Å²) in [6.07, 6.45) is 0.150. The Bertz CT molecular complexity index is 874. The van der Waals surface area contributed by atoms with Crippen molar-refractivity contribution in [3.63, 3.8) is 0 Å². The third kappa shape index (κ3) is 1.96. The highest BCUT2D eigenvalue weighted by Crippen LogP contribution is 2.24. The van der Waals surface area contributed by atoms with Crippen LogP contribution in [0.3, 0.4) is 0 Å². The predicted octanol–water partition coefficient (Wildman–Crippen LogP) is 0.271. The van der Waals surface area contributed by atoms with E-state index in [1.54, 1.807) is 26.0 Å². The zero-order chi connectivity index (χ0) is 16.1. The summed E-state index contributed by atoms with van der Waals surface area (Å²) in [4.78, 5) is 40.8. The monoisotopic (exact) mass is 295 g/mol. The van der Waals surface area contributed by atoms with E-state index in [0.29, 0.717) is 16.7 Å². The van der Waals surface area contributed by atoms with Crippen molar-refractivity contribution in [3.8, 4) is 0 Å². The van der Waals surface area contributed by atoms with Gasteiger partial charge in [-0.1, -0.05) is 12.1 Å². The van der Waals surface area contributed by atoms with Gasteiger partial charge in [-0.3, -0.25) is 24.3 Å². The van der Waals surface area contributed by atoms with Crippen LogP contribution in [0, 0.1) is 13.8 Å². The first-order chi connectivity index (χ1) is 10.3. The molecule has 1 fully saturated rings. The summed E-state index contributed by atoms with van der Waals surface area (Å²) < 4.78 is 1.20. The first-order valence-corrected chi connectivity index (χ1v) is 6.97. The van der Waals surface area contributed by atoms with E-state index in [-0.39, 0.29) is 24.3 Å². The Labute approximate surface area is 127 Å². The number of amides is 2. The van der Waals surface area contributed by atoms with E-state index in [4.69, 9.17) is 7.85 Å². The van der Waals surface area contributed by atoms with Gasteiger partial charge < -0.3 is 0 Å². The minimum Gasteiger partial charge on any atom is -0.295 e.